The van der Waals surface area contributed by atoms with Crippen molar-refractivity contribution in [3.8, 4) is 16.9 Å². The first-order chi connectivity index (χ1) is 17.5. The molecule has 3 aromatic rings. The van der Waals surface area contributed by atoms with Crippen LogP contribution < -0.4 is 15.8 Å². The van der Waals surface area contributed by atoms with Crippen LogP contribution in [0, 0.1) is 0 Å². The Morgan fingerprint density at radius 2 is 1.89 bits per heavy atom. The first-order valence-corrected chi connectivity index (χ1v) is 13.4. The van der Waals surface area contributed by atoms with Crippen molar-refractivity contribution >= 4 is 34.4 Å². The number of amides is 1. The number of hydrogen-bond donors (Lipinski definition) is 3. The zero-order valence-corrected chi connectivity index (χ0v) is 21.6. The van der Waals surface area contributed by atoms with Crippen molar-refractivity contribution in [3.63, 3.8) is 0 Å². The fraction of sp³-hybridized carbons (Fsp3) is 0.519. The Morgan fingerprint density at radius 1 is 1.14 bits per heavy atom. The van der Waals surface area contributed by atoms with Gasteiger partial charge in [0.05, 0.1) is 19.9 Å². The fourth-order valence-corrected chi connectivity index (χ4v) is 6.18. The average molecular weight is 511 g/mol. The molecule has 4 N–H and O–H groups in total. The minimum absolute atomic E-state index is 0.221. The highest BCUT2D eigenvalue weighted by Gasteiger charge is 2.32. The fourth-order valence-electron chi connectivity index (χ4n) is 5.97. The van der Waals surface area contributed by atoms with Gasteiger partial charge in [-0.15, -0.1) is 0 Å². The highest BCUT2D eigenvalue weighted by Crippen LogP contribution is 2.34. The van der Waals surface area contributed by atoms with Gasteiger partial charge < -0.3 is 20.8 Å². The van der Waals surface area contributed by atoms with Crippen LogP contribution in [0.3, 0.4) is 0 Å². The standard InChI is InChI=1S/C27H35ClN6O2/c1-36-21-13-22-23(15-31-27(22)30-14-21)17-11-24(28)33-26(12-17)32-18-7-9-20(10-8-18)34(16-25(29)35)19-5-3-2-4-6-19/h11-15,18-20H,2-10,16H2,1H3,(H2,29,35)(H,30,31)(H,32,33)/t18-,20-. The molecule has 0 spiro atoms. The zero-order valence-electron chi connectivity index (χ0n) is 20.8. The molecule has 3 aromatic heterocycles. The van der Waals surface area contributed by atoms with Gasteiger partial charge in [-0.1, -0.05) is 30.9 Å². The summed E-state index contributed by atoms with van der Waals surface area (Å²) in [5.41, 5.74) is 8.40. The monoisotopic (exact) mass is 510 g/mol. The summed E-state index contributed by atoms with van der Waals surface area (Å²) >= 11 is 6.44. The summed E-state index contributed by atoms with van der Waals surface area (Å²) < 4.78 is 5.36. The molecular weight excluding hydrogens is 476 g/mol. The Morgan fingerprint density at radius 3 is 2.61 bits per heavy atom. The second-order valence-corrected chi connectivity index (χ2v) is 10.5. The topological polar surface area (TPSA) is 109 Å². The summed E-state index contributed by atoms with van der Waals surface area (Å²) in [5, 5.41) is 5.03. The predicted octanol–water partition coefficient (Wildman–Crippen LogP) is 5.13. The summed E-state index contributed by atoms with van der Waals surface area (Å²) in [7, 11) is 1.64. The quantitative estimate of drug-likeness (QED) is 0.362. The Kier molecular flexibility index (Phi) is 7.62. The number of methoxy groups -OCH3 is 1. The van der Waals surface area contributed by atoms with Crippen LogP contribution in [0.15, 0.2) is 30.6 Å². The molecule has 0 aliphatic heterocycles. The van der Waals surface area contributed by atoms with Gasteiger partial charge in [0.25, 0.3) is 0 Å². The van der Waals surface area contributed by atoms with Crippen molar-refractivity contribution in [2.75, 3.05) is 19.0 Å². The number of ether oxygens (including phenoxy) is 1. The van der Waals surface area contributed by atoms with Gasteiger partial charge in [-0.2, -0.15) is 0 Å². The Labute approximate surface area is 217 Å². The van der Waals surface area contributed by atoms with Gasteiger partial charge in [0.1, 0.15) is 22.4 Å². The lowest BCUT2D eigenvalue weighted by Gasteiger charge is -2.42. The Bertz CT molecular complexity index is 1200. The van der Waals surface area contributed by atoms with Crippen LogP contribution in [-0.2, 0) is 4.79 Å². The molecule has 0 bridgehead atoms. The van der Waals surface area contributed by atoms with Crippen LogP contribution in [-0.4, -0.2) is 57.5 Å². The normalized spacial score (nSPS) is 21.1. The van der Waals surface area contributed by atoms with Gasteiger partial charge in [0.2, 0.25) is 5.91 Å². The maximum atomic E-state index is 11.8. The van der Waals surface area contributed by atoms with E-state index < -0.39 is 0 Å². The van der Waals surface area contributed by atoms with Crippen LogP contribution in [0.2, 0.25) is 5.15 Å². The highest BCUT2D eigenvalue weighted by atomic mass is 35.5. The third-order valence-corrected chi connectivity index (χ3v) is 7.94. The maximum absolute atomic E-state index is 11.8. The number of carbonyl (C=O) groups is 1. The maximum Gasteiger partial charge on any atom is 0.231 e. The third-order valence-electron chi connectivity index (χ3n) is 7.75. The van der Waals surface area contributed by atoms with Gasteiger partial charge >= 0.3 is 0 Å². The molecule has 0 saturated heterocycles. The minimum Gasteiger partial charge on any atom is -0.495 e. The second-order valence-electron chi connectivity index (χ2n) is 10.1. The second kappa shape index (κ2) is 11.0. The number of pyridine rings is 2. The van der Waals surface area contributed by atoms with E-state index in [0.29, 0.717) is 35.6 Å². The molecular formula is C27H35ClN6O2. The SMILES string of the molecule is COc1cnc2[nH]cc(-c3cc(Cl)nc(N[C@H]4CC[C@H](N(CC(N)=O)C5CCCCC5)CC4)c3)c2c1. The Balaban J connectivity index is 1.27. The number of fused-ring (bicyclic) bond motifs is 1. The first kappa shape index (κ1) is 24.8. The summed E-state index contributed by atoms with van der Waals surface area (Å²) in [6, 6.07) is 7.10. The van der Waals surface area contributed by atoms with Crippen molar-refractivity contribution in [1.29, 1.82) is 0 Å². The van der Waals surface area contributed by atoms with Gasteiger partial charge in [-0.05, 0) is 62.3 Å². The lowest BCUT2D eigenvalue weighted by molar-refractivity contribution is -0.120. The molecule has 0 aromatic carbocycles. The van der Waals surface area contributed by atoms with Crippen LogP contribution in [0.1, 0.15) is 57.8 Å². The van der Waals surface area contributed by atoms with Crippen LogP contribution in [0.4, 0.5) is 5.82 Å². The number of hydrogen-bond acceptors (Lipinski definition) is 6. The van der Waals surface area contributed by atoms with E-state index in [1.807, 2.05) is 24.4 Å². The first-order valence-electron chi connectivity index (χ1n) is 13.0. The van der Waals surface area contributed by atoms with Gasteiger partial charge in [-0.25, -0.2) is 9.97 Å². The summed E-state index contributed by atoms with van der Waals surface area (Å²) in [4.78, 5) is 26.4. The van der Waals surface area contributed by atoms with Crippen molar-refractivity contribution < 1.29 is 9.53 Å². The van der Waals surface area contributed by atoms with Crippen LogP contribution >= 0.6 is 11.6 Å². The number of aromatic nitrogens is 3. The van der Waals surface area contributed by atoms with E-state index in [2.05, 4.69) is 25.2 Å². The van der Waals surface area contributed by atoms with Crippen molar-refractivity contribution in [2.45, 2.75) is 75.9 Å². The molecule has 0 atom stereocenters. The third kappa shape index (κ3) is 5.60. The number of carbonyl (C=O) groups excluding carboxylic acids is 1. The number of anilines is 1. The molecule has 36 heavy (non-hydrogen) atoms. The van der Waals surface area contributed by atoms with Crippen LogP contribution in [0.25, 0.3) is 22.2 Å². The molecule has 2 aliphatic rings. The molecule has 0 unspecified atom stereocenters. The number of primary amides is 1. The Hall–Kier alpha value is -2.84. The summed E-state index contributed by atoms with van der Waals surface area (Å²) in [6.07, 6.45) is 13.9. The number of nitrogens with zero attached hydrogens (tertiary/aromatic N) is 3. The van der Waals surface area contributed by atoms with Gasteiger partial charge in [-0.3, -0.25) is 9.69 Å². The van der Waals surface area contributed by atoms with E-state index in [1.165, 1.54) is 32.1 Å². The molecule has 2 saturated carbocycles. The predicted molar refractivity (Wildman–Crippen MR) is 143 cm³/mol. The number of nitrogens with two attached hydrogens (primary N) is 1. The lowest BCUT2D eigenvalue weighted by atomic mass is 9.86. The number of aromatic amines is 1. The molecule has 8 nitrogen and oxygen atoms in total. The number of H-pyrrole nitrogens is 1. The molecule has 192 valence electrons. The number of rotatable bonds is 8. The highest BCUT2D eigenvalue weighted by molar-refractivity contribution is 6.29. The molecule has 0 radical (unpaired) electrons. The number of halogens is 1. The molecule has 2 fully saturated rings. The van der Waals surface area contributed by atoms with E-state index in [9.17, 15) is 4.79 Å². The van der Waals surface area contributed by atoms with E-state index in [-0.39, 0.29) is 5.91 Å². The zero-order chi connectivity index (χ0) is 25.1. The lowest BCUT2D eigenvalue weighted by Crippen LogP contribution is -2.50. The van der Waals surface area contributed by atoms with E-state index >= 15 is 0 Å². The van der Waals surface area contributed by atoms with Gasteiger partial charge in [0.15, 0.2) is 0 Å². The largest absolute Gasteiger partial charge is 0.495 e. The van der Waals surface area contributed by atoms with E-state index in [4.69, 9.17) is 22.1 Å². The molecule has 1 amide bonds. The molecule has 3 heterocycles. The average Bonchev–Trinajstić information content (AvgIpc) is 3.31. The summed E-state index contributed by atoms with van der Waals surface area (Å²) in [6.45, 7) is 0.372. The summed E-state index contributed by atoms with van der Waals surface area (Å²) in [5.74, 6) is 1.26. The van der Waals surface area contributed by atoms with Crippen molar-refractivity contribution in [1.82, 2.24) is 19.9 Å². The van der Waals surface area contributed by atoms with Crippen molar-refractivity contribution in [3.05, 3.63) is 35.7 Å². The van der Waals surface area contributed by atoms with E-state index in [0.717, 1.165) is 53.7 Å². The minimum atomic E-state index is -0.221. The number of nitrogens with one attached hydrogen (secondary N) is 2. The smallest absolute Gasteiger partial charge is 0.231 e. The molecule has 5 rings (SSSR count). The van der Waals surface area contributed by atoms with Gasteiger partial charge in [0, 0.05) is 35.3 Å². The molecule has 9 heteroatoms. The molecule has 2 aliphatic carbocycles. The van der Waals surface area contributed by atoms with E-state index in [1.54, 1.807) is 13.3 Å². The van der Waals surface area contributed by atoms with Crippen molar-refractivity contribution in [2.24, 2.45) is 5.73 Å². The van der Waals surface area contributed by atoms with Crippen LogP contribution in [0.5, 0.6) is 5.75 Å².